The maximum atomic E-state index is 11.6. The first-order chi connectivity index (χ1) is 9.18. The molecule has 1 N–H and O–H groups in total. The standard InChI is InChI=1S/C16H23NO2/c1-14(18)10-6-3-2-4-9-13-16(19)17-15-11-7-5-8-12-15/h5,7-8,11-12H,2-4,6,9-10,13H2,1H3,(H,17,19). The van der Waals surface area contributed by atoms with Gasteiger partial charge < -0.3 is 10.1 Å². The largest absolute Gasteiger partial charge is 0.326 e. The molecule has 19 heavy (non-hydrogen) atoms. The van der Waals surface area contributed by atoms with Gasteiger partial charge in [-0.25, -0.2) is 0 Å². The van der Waals surface area contributed by atoms with E-state index in [1.807, 2.05) is 30.3 Å². The molecule has 3 heteroatoms. The number of nitrogens with one attached hydrogen (secondary N) is 1. The van der Waals surface area contributed by atoms with Crippen molar-refractivity contribution in [3.63, 3.8) is 0 Å². The number of para-hydroxylation sites is 1. The summed E-state index contributed by atoms with van der Waals surface area (Å²) in [6.07, 6.45) is 6.40. The third kappa shape index (κ3) is 8.14. The summed E-state index contributed by atoms with van der Waals surface area (Å²) in [4.78, 5) is 22.4. The molecule has 0 heterocycles. The van der Waals surface area contributed by atoms with E-state index < -0.39 is 0 Å². The number of benzene rings is 1. The van der Waals surface area contributed by atoms with Crippen molar-refractivity contribution >= 4 is 17.4 Å². The van der Waals surface area contributed by atoms with Gasteiger partial charge in [0.15, 0.2) is 0 Å². The quantitative estimate of drug-likeness (QED) is 0.684. The fourth-order valence-electron chi connectivity index (χ4n) is 1.93. The van der Waals surface area contributed by atoms with E-state index in [1.54, 1.807) is 6.92 Å². The summed E-state index contributed by atoms with van der Waals surface area (Å²) >= 11 is 0. The predicted molar refractivity (Wildman–Crippen MR) is 78.1 cm³/mol. The molecule has 0 saturated heterocycles. The Morgan fingerprint density at radius 1 is 0.895 bits per heavy atom. The summed E-state index contributed by atoms with van der Waals surface area (Å²) in [7, 11) is 0. The first-order valence-electron chi connectivity index (χ1n) is 7.03. The van der Waals surface area contributed by atoms with Gasteiger partial charge in [0.2, 0.25) is 5.91 Å². The fraction of sp³-hybridized carbons (Fsp3) is 0.500. The maximum absolute atomic E-state index is 11.6. The van der Waals surface area contributed by atoms with E-state index in [4.69, 9.17) is 0 Å². The van der Waals surface area contributed by atoms with E-state index in [1.165, 1.54) is 0 Å². The minimum atomic E-state index is 0.0786. The number of anilines is 1. The molecule has 0 unspecified atom stereocenters. The highest BCUT2D eigenvalue weighted by Crippen LogP contribution is 2.10. The molecule has 0 aliphatic heterocycles. The second kappa shape index (κ2) is 9.31. The molecule has 1 rings (SSSR count). The smallest absolute Gasteiger partial charge is 0.224 e. The van der Waals surface area contributed by atoms with Crippen LogP contribution in [0.5, 0.6) is 0 Å². The summed E-state index contributed by atoms with van der Waals surface area (Å²) in [5.74, 6) is 0.345. The van der Waals surface area contributed by atoms with Gasteiger partial charge in [0.05, 0.1) is 0 Å². The van der Waals surface area contributed by atoms with E-state index >= 15 is 0 Å². The number of carbonyl (C=O) groups is 2. The van der Waals surface area contributed by atoms with Crippen LogP contribution in [0.2, 0.25) is 0 Å². The first kappa shape index (κ1) is 15.4. The lowest BCUT2D eigenvalue weighted by atomic mass is 10.1. The van der Waals surface area contributed by atoms with Crippen LogP contribution in [0, 0.1) is 0 Å². The van der Waals surface area contributed by atoms with Crippen LogP contribution in [-0.4, -0.2) is 11.7 Å². The summed E-state index contributed by atoms with van der Waals surface area (Å²) < 4.78 is 0. The Morgan fingerprint density at radius 2 is 1.47 bits per heavy atom. The van der Waals surface area contributed by atoms with Crippen LogP contribution in [0.15, 0.2) is 30.3 Å². The van der Waals surface area contributed by atoms with Crippen molar-refractivity contribution in [2.75, 3.05) is 5.32 Å². The summed E-state index contributed by atoms with van der Waals surface area (Å²) in [5.41, 5.74) is 0.856. The highest BCUT2D eigenvalue weighted by Gasteiger charge is 2.01. The zero-order chi connectivity index (χ0) is 13.9. The number of hydrogen-bond acceptors (Lipinski definition) is 2. The molecule has 0 aliphatic carbocycles. The summed E-state index contributed by atoms with van der Waals surface area (Å²) in [5, 5.41) is 2.88. The molecule has 0 aliphatic rings. The lowest BCUT2D eigenvalue weighted by molar-refractivity contribution is -0.117. The Kier molecular flexibility index (Phi) is 7.56. The van der Waals surface area contributed by atoms with Gasteiger partial charge in [0, 0.05) is 18.5 Å². The van der Waals surface area contributed by atoms with Crippen LogP contribution in [-0.2, 0) is 9.59 Å². The molecule has 0 radical (unpaired) electrons. The number of hydrogen-bond donors (Lipinski definition) is 1. The van der Waals surface area contributed by atoms with Gasteiger partial charge in [0.1, 0.15) is 5.78 Å². The molecule has 1 aromatic rings. The van der Waals surface area contributed by atoms with Crippen molar-refractivity contribution in [1.29, 1.82) is 0 Å². The van der Waals surface area contributed by atoms with Crippen LogP contribution >= 0.6 is 0 Å². The molecule has 0 aromatic heterocycles. The summed E-state index contributed by atoms with van der Waals surface area (Å²) in [6, 6.07) is 9.52. The minimum absolute atomic E-state index is 0.0786. The van der Waals surface area contributed by atoms with Crippen molar-refractivity contribution in [2.45, 2.75) is 51.9 Å². The topological polar surface area (TPSA) is 46.2 Å². The fourth-order valence-corrected chi connectivity index (χ4v) is 1.93. The average molecular weight is 261 g/mol. The van der Waals surface area contributed by atoms with Gasteiger partial charge in [-0.3, -0.25) is 4.79 Å². The van der Waals surface area contributed by atoms with Gasteiger partial charge in [-0.1, -0.05) is 37.5 Å². The maximum Gasteiger partial charge on any atom is 0.224 e. The molecular formula is C16H23NO2. The monoisotopic (exact) mass is 261 g/mol. The molecule has 0 fully saturated rings. The van der Waals surface area contributed by atoms with Crippen molar-refractivity contribution in [3.8, 4) is 0 Å². The van der Waals surface area contributed by atoms with E-state index in [-0.39, 0.29) is 11.7 Å². The van der Waals surface area contributed by atoms with Gasteiger partial charge in [-0.05, 0) is 31.9 Å². The second-order valence-corrected chi connectivity index (χ2v) is 4.88. The van der Waals surface area contributed by atoms with Crippen LogP contribution in [0.1, 0.15) is 51.9 Å². The predicted octanol–water partition coefficient (Wildman–Crippen LogP) is 3.94. The third-order valence-electron chi connectivity index (χ3n) is 2.99. The van der Waals surface area contributed by atoms with Gasteiger partial charge in [0.25, 0.3) is 0 Å². The Bertz CT molecular complexity index is 387. The van der Waals surface area contributed by atoms with E-state index in [2.05, 4.69) is 5.32 Å². The van der Waals surface area contributed by atoms with Crippen LogP contribution in [0.3, 0.4) is 0 Å². The molecule has 3 nitrogen and oxygen atoms in total. The molecule has 1 aromatic carbocycles. The second-order valence-electron chi connectivity index (χ2n) is 4.88. The zero-order valence-corrected chi connectivity index (χ0v) is 11.7. The van der Waals surface area contributed by atoms with Crippen molar-refractivity contribution in [1.82, 2.24) is 0 Å². The van der Waals surface area contributed by atoms with Crippen molar-refractivity contribution < 1.29 is 9.59 Å². The van der Waals surface area contributed by atoms with Gasteiger partial charge in [-0.15, -0.1) is 0 Å². The molecular weight excluding hydrogens is 238 g/mol. The zero-order valence-electron chi connectivity index (χ0n) is 11.7. The molecule has 1 amide bonds. The molecule has 0 saturated carbocycles. The SMILES string of the molecule is CC(=O)CCCCCCCC(=O)Nc1ccccc1. The number of unbranched alkanes of at least 4 members (excludes halogenated alkanes) is 4. The Balaban J connectivity index is 2.00. The highest BCUT2D eigenvalue weighted by atomic mass is 16.1. The number of amides is 1. The Labute approximate surface area is 115 Å². The third-order valence-corrected chi connectivity index (χ3v) is 2.99. The molecule has 0 atom stereocenters. The minimum Gasteiger partial charge on any atom is -0.326 e. The lowest BCUT2D eigenvalue weighted by Gasteiger charge is -2.04. The number of Topliss-reactive ketones (excluding diaryl/α,β-unsaturated/α-hetero) is 1. The van der Waals surface area contributed by atoms with Crippen molar-refractivity contribution in [3.05, 3.63) is 30.3 Å². The first-order valence-corrected chi connectivity index (χ1v) is 7.03. The van der Waals surface area contributed by atoms with E-state index in [9.17, 15) is 9.59 Å². The molecule has 0 bridgehead atoms. The number of ketones is 1. The number of carbonyl (C=O) groups excluding carboxylic acids is 2. The summed E-state index contributed by atoms with van der Waals surface area (Å²) in [6.45, 7) is 1.63. The molecule has 104 valence electrons. The average Bonchev–Trinajstić information content (AvgIpc) is 2.38. The van der Waals surface area contributed by atoms with Crippen LogP contribution in [0.4, 0.5) is 5.69 Å². The Morgan fingerprint density at radius 3 is 2.11 bits per heavy atom. The van der Waals surface area contributed by atoms with E-state index in [0.29, 0.717) is 12.8 Å². The normalized spacial score (nSPS) is 10.2. The Hall–Kier alpha value is -1.64. The van der Waals surface area contributed by atoms with Crippen LogP contribution in [0.25, 0.3) is 0 Å². The molecule has 0 spiro atoms. The van der Waals surface area contributed by atoms with Crippen LogP contribution < -0.4 is 5.32 Å². The van der Waals surface area contributed by atoms with E-state index in [0.717, 1.165) is 37.8 Å². The number of rotatable bonds is 9. The van der Waals surface area contributed by atoms with Gasteiger partial charge in [-0.2, -0.15) is 0 Å². The van der Waals surface area contributed by atoms with Crippen molar-refractivity contribution in [2.24, 2.45) is 0 Å². The van der Waals surface area contributed by atoms with Gasteiger partial charge >= 0.3 is 0 Å². The highest BCUT2D eigenvalue weighted by molar-refractivity contribution is 5.90. The lowest BCUT2D eigenvalue weighted by Crippen LogP contribution is -2.10.